The summed E-state index contributed by atoms with van der Waals surface area (Å²) in [6.45, 7) is 6.42. The number of aromatic nitrogens is 2. The van der Waals surface area contributed by atoms with Crippen molar-refractivity contribution in [3.8, 4) is 11.4 Å². The number of rotatable bonds is 5. The zero-order valence-corrected chi connectivity index (χ0v) is 19.8. The maximum absolute atomic E-state index is 12.3. The molecule has 4 rings (SSSR count). The van der Waals surface area contributed by atoms with Crippen molar-refractivity contribution in [1.82, 2.24) is 14.9 Å². The van der Waals surface area contributed by atoms with E-state index in [1.165, 1.54) is 0 Å². The fourth-order valence-corrected chi connectivity index (χ4v) is 4.23. The Kier molecular flexibility index (Phi) is 6.97. The van der Waals surface area contributed by atoms with E-state index in [0.717, 1.165) is 33.2 Å². The molecule has 3 aromatic rings. The highest BCUT2D eigenvalue weighted by molar-refractivity contribution is 6.30. The number of alkyl halides is 1. The number of hydrogen-bond acceptors (Lipinski definition) is 4. The Morgan fingerprint density at radius 3 is 2.28 bits per heavy atom. The molecule has 2 heterocycles. The van der Waals surface area contributed by atoms with E-state index in [1.807, 2.05) is 66.4 Å². The number of anilines is 1. The molecule has 32 heavy (non-hydrogen) atoms. The van der Waals surface area contributed by atoms with Gasteiger partial charge in [0.2, 0.25) is 5.91 Å². The molecule has 0 N–H and O–H groups in total. The minimum absolute atomic E-state index is 0.0171. The van der Waals surface area contributed by atoms with Crippen LogP contribution in [0.3, 0.4) is 0 Å². The number of aryl methyl sites for hydroxylation is 1. The first-order valence-electron chi connectivity index (χ1n) is 10.8. The molecule has 0 spiro atoms. The molecule has 0 aliphatic carbocycles. The van der Waals surface area contributed by atoms with E-state index in [1.54, 1.807) is 6.92 Å². The van der Waals surface area contributed by atoms with E-state index in [4.69, 9.17) is 33.2 Å². The molecule has 166 valence electrons. The summed E-state index contributed by atoms with van der Waals surface area (Å²) in [5.41, 5.74) is 4.19. The van der Waals surface area contributed by atoms with Crippen LogP contribution in [0.2, 0.25) is 5.02 Å². The number of nitrogens with zero attached hydrogens (tertiary/aromatic N) is 4. The Morgan fingerprint density at radius 1 is 1.00 bits per heavy atom. The highest BCUT2D eigenvalue weighted by Gasteiger charge is 2.27. The first-order valence-corrected chi connectivity index (χ1v) is 11.6. The number of carbonyl (C=O) groups excluding carboxylic acids is 1. The second kappa shape index (κ2) is 9.88. The first kappa shape index (κ1) is 22.6. The van der Waals surface area contributed by atoms with E-state index < -0.39 is 5.38 Å². The molecule has 1 unspecified atom stereocenters. The molecule has 1 atom stereocenters. The number of hydrogen-bond donors (Lipinski definition) is 0. The third-order valence-corrected chi connectivity index (χ3v) is 6.19. The minimum Gasteiger partial charge on any atom is -0.353 e. The number of carbonyl (C=O) groups is 1. The number of halogens is 2. The molecule has 1 saturated heterocycles. The molecule has 0 radical (unpaired) electrons. The molecule has 0 bridgehead atoms. The largest absolute Gasteiger partial charge is 0.353 e. The summed E-state index contributed by atoms with van der Waals surface area (Å²) >= 11 is 12.1. The monoisotopic (exact) mass is 468 g/mol. The highest BCUT2D eigenvalue weighted by atomic mass is 35.5. The van der Waals surface area contributed by atoms with Crippen LogP contribution in [0.5, 0.6) is 0 Å². The van der Waals surface area contributed by atoms with Gasteiger partial charge < -0.3 is 9.80 Å². The lowest BCUT2D eigenvalue weighted by Crippen LogP contribution is -2.51. The van der Waals surface area contributed by atoms with E-state index in [0.29, 0.717) is 38.4 Å². The Balaban J connectivity index is 1.68. The quantitative estimate of drug-likeness (QED) is 0.495. The minimum atomic E-state index is -0.506. The van der Waals surface area contributed by atoms with Crippen LogP contribution < -0.4 is 4.90 Å². The zero-order valence-electron chi connectivity index (χ0n) is 18.3. The molecule has 1 fully saturated rings. The van der Waals surface area contributed by atoms with Crippen molar-refractivity contribution < 1.29 is 4.79 Å². The van der Waals surface area contributed by atoms with Crippen molar-refractivity contribution in [2.45, 2.75) is 25.6 Å². The maximum atomic E-state index is 12.3. The summed E-state index contributed by atoms with van der Waals surface area (Å²) in [7, 11) is 0. The van der Waals surface area contributed by atoms with Crippen LogP contribution in [0.25, 0.3) is 11.4 Å². The van der Waals surface area contributed by atoms with Gasteiger partial charge in [-0.15, -0.1) is 11.6 Å². The lowest BCUT2D eigenvalue weighted by Gasteiger charge is -2.37. The summed E-state index contributed by atoms with van der Waals surface area (Å²) < 4.78 is 0. The van der Waals surface area contributed by atoms with Crippen LogP contribution in [0, 0.1) is 6.92 Å². The summed E-state index contributed by atoms with van der Waals surface area (Å²) in [6.07, 6.45) is 0.714. The zero-order chi connectivity index (χ0) is 22.7. The van der Waals surface area contributed by atoms with Crippen LogP contribution in [-0.2, 0) is 11.2 Å². The molecule has 1 amide bonds. The summed E-state index contributed by atoms with van der Waals surface area (Å²) in [5.74, 6) is 1.62. The van der Waals surface area contributed by atoms with Crippen LogP contribution in [-0.4, -0.2) is 52.3 Å². The van der Waals surface area contributed by atoms with Gasteiger partial charge in [0.05, 0.1) is 0 Å². The van der Waals surface area contributed by atoms with Crippen molar-refractivity contribution in [2.24, 2.45) is 0 Å². The standard InChI is InChI=1S/C25H26Cl2N4O/c1-17(26)25(32)31-14-12-30(13-15-31)24-22(16-19-8-10-21(27)11-9-19)18(2)28-23(29-24)20-6-4-3-5-7-20/h3-11,17H,12-16H2,1-2H3. The maximum Gasteiger partial charge on any atom is 0.240 e. The van der Waals surface area contributed by atoms with Gasteiger partial charge in [-0.25, -0.2) is 9.97 Å². The highest BCUT2D eigenvalue weighted by Crippen LogP contribution is 2.28. The lowest BCUT2D eigenvalue weighted by atomic mass is 10.0. The molecule has 2 aromatic carbocycles. The van der Waals surface area contributed by atoms with Gasteiger partial charge in [0, 0.05) is 54.4 Å². The summed E-state index contributed by atoms with van der Waals surface area (Å²) in [6, 6.07) is 17.9. The van der Waals surface area contributed by atoms with Crippen molar-refractivity contribution in [2.75, 3.05) is 31.1 Å². The molecule has 5 nitrogen and oxygen atoms in total. The molecular formula is C25H26Cl2N4O. The van der Waals surface area contributed by atoms with E-state index in [9.17, 15) is 4.79 Å². The van der Waals surface area contributed by atoms with Crippen LogP contribution in [0.15, 0.2) is 54.6 Å². The SMILES string of the molecule is Cc1nc(-c2ccccc2)nc(N2CCN(C(=O)C(C)Cl)CC2)c1Cc1ccc(Cl)cc1. The molecule has 1 aliphatic heterocycles. The third-order valence-electron chi connectivity index (χ3n) is 5.75. The van der Waals surface area contributed by atoms with E-state index >= 15 is 0 Å². The molecular weight excluding hydrogens is 443 g/mol. The fourth-order valence-electron chi connectivity index (χ4n) is 3.96. The van der Waals surface area contributed by atoms with Crippen LogP contribution >= 0.6 is 23.2 Å². The molecule has 7 heteroatoms. The van der Waals surface area contributed by atoms with Gasteiger partial charge >= 0.3 is 0 Å². The second-order valence-corrected chi connectivity index (χ2v) is 9.12. The van der Waals surface area contributed by atoms with Crippen molar-refractivity contribution in [3.05, 3.63) is 76.4 Å². The van der Waals surface area contributed by atoms with Crippen molar-refractivity contribution in [3.63, 3.8) is 0 Å². The van der Waals surface area contributed by atoms with Gasteiger partial charge in [-0.3, -0.25) is 4.79 Å². The third kappa shape index (κ3) is 5.05. The Morgan fingerprint density at radius 2 is 1.66 bits per heavy atom. The van der Waals surface area contributed by atoms with E-state index in [-0.39, 0.29) is 5.91 Å². The fraction of sp³-hybridized carbons (Fsp3) is 0.320. The topological polar surface area (TPSA) is 49.3 Å². The number of benzene rings is 2. The molecule has 0 saturated carbocycles. The first-order chi connectivity index (χ1) is 15.4. The van der Waals surface area contributed by atoms with Crippen molar-refractivity contribution >= 4 is 34.9 Å². The Labute approximate surface area is 199 Å². The van der Waals surface area contributed by atoms with Gasteiger partial charge in [0.15, 0.2) is 5.82 Å². The second-order valence-electron chi connectivity index (χ2n) is 8.03. The van der Waals surface area contributed by atoms with Gasteiger partial charge in [-0.2, -0.15) is 0 Å². The summed E-state index contributed by atoms with van der Waals surface area (Å²) in [5, 5.41) is 0.212. The average Bonchev–Trinajstić information content (AvgIpc) is 2.81. The normalized spacial score (nSPS) is 15.0. The lowest BCUT2D eigenvalue weighted by molar-refractivity contribution is -0.130. The molecule has 1 aromatic heterocycles. The Bertz CT molecular complexity index is 1080. The van der Waals surface area contributed by atoms with Crippen molar-refractivity contribution in [1.29, 1.82) is 0 Å². The average molecular weight is 469 g/mol. The predicted molar refractivity (Wildman–Crippen MR) is 131 cm³/mol. The van der Waals surface area contributed by atoms with Crippen LogP contribution in [0.4, 0.5) is 5.82 Å². The van der Waals surface area contributed by atoms with E-state index in [2.05, 4.69) is 4.90 Å². The summed E-state index contributed by atoms with van der Waals surface area (Å²) in [4.78, 5) is 26.2. The Hall–Kier alpha value is -2.63. The molecule has 1 aliphatic rings. The van der Waals surface area contributed by atoms with Crippen LogP contribution in [0.1, 0.15) is 23.7 Å². The predicted octanol–water partition coefficient (Wildman–Crippen LogP) is 4.97. The smallest absolute Gasteiger partial charge is 0.240 e. The van der Waals surface area contributed by atoms with Gasteiger partial charge in [0.1, 0.15) is 11.2 Å². The number of piperazine rings is 1. The number of amides is 1. The van der Waals surface area contributed by atoms with Gasteiger partial charge in [-0.05, 0) is 31.5 Å². The van der Waals surface area contributed by atoms with Gasteiger partial charge in [0.25, 0.3) is 0 Å². The van der Waals surface area contributed by atoms with Gasteiger partial charge in [-0.1, -0.05) is 54.1 Å².